The molecular formula is C26H26FN3O4S. The number of nitro groups is 1. The molecule has 0 bridgehead atoms. The smallest absolute Gasteiger partial charge is 0.269 e. The Morgan fingerprint density at radius 3 is 2.20 bits per heavy atom. The average Bonchev–Trinajstić information content (AvgIpc) is 2.87. The number of nitrogens with one attached hydrogen (secondary N) is 1. The molecule has 0 unspecified atom stereocenters. The fourth-order valence-electron chi connectivity index (χ4n) is 3.56. The standard InChI is InChI=1S/C26H26FN3O4S/c1-28-26(32)24(15-19-5-3-2-4-6-19)29(16-20-7-11-22(27)12-8-20)25(31)18-35-17-21-9-13-23(14-10-21)30(33)34/h2-14,24H,15-18H2,1H3,(H,28,32)/t24-/m1/s1. The maximum Gasteiger partial charge on any atom is 0.269 e. The fourth-order valence-corrected chi connectivity index (χ4v) is 4.43. The van der Waals surface area contributed by atoms with Crippen molar-refractivity contribution in [3.05, 3.63) is 111 Å². The predicted molar refractivity (Wildman–Crippen MR) is 134 cm³/mol. The second kappa shape index (κ2) is 12.7. The second-order valence-corrected chi connectivity index (χ2v) is 8.87. The molecule has 1 atom stereocenters. The molecule has 3 aromatic rings. The minimum atomic E-state index is -0.750. The monoisotopic (exact) mass is 495 g/mol. The number of carbonyl (C=O) groups is 2. The summed E-state index contributed by atoms with van der Waals surface area (Å²) in [6, 6.07) is 20.7. The number of non-ortho nitro benzene ring substituents is 1. The Morgan fingerprint density at radius 2 is 1.60 bits per heavy atom. The summed E-state index contributed by atoms with van der Waals surface area (Å²) in [5.74, 6) is -0.300. The van der Waals surface area contributed by atoms with Gasteiger partial charge in [-0.05, 0) is 28.8 Å². The van der Waals surface area contributed by atoms with Crippen LogP contribution in [0.5, 0.6) is 0 Å². The van der Waals surface area contributed by atoms with Crippen molar-refractivity contribution in [2.45, 2.75) is 24.8 Å². The SMILES string of the molecule is CNC(=O)[C@@H](Cc1ccccc1)N(Cc1ccc(F)cc1)C(=O)CSCc1ccc([N+](=O)[O-])cc1. The van der Waals surface area contributed by atoms with Crippen LogP contribution in [0, 0.1) is 15.9 Å². The summed E-state index contributed by atoms with van der Waals surface area (Å²) in [6.45, 7) is 0.155. The highest BCUT2D eigenvalue weighted by Crippen LogP contribution is 2.20. The van der Waals surface area contributed by atoms with E-state index in [2.05, 4.69) is 5.32 Å². The number of likely N-dealkylation sites (N-methyl/N-ethyl adjacent to an activating group) is 1. The van der Waals surface area contributed by atoms with Gasteiger partial charge >= 0.3 is 0 Å². The van der Waals surface area contributed by atoms with Crippen molar-refractivity contribution >= 4 is 29.3 Å². The van der Waals surface area contributed by atoms with Gasteiger partial charge in [-0.15, -0.1) is 11.8 Å². The number of carbonyl (C=O) groups excluding carboxylic acids is 2. The summed E-state index contributed by atoms with van der Waals surface area (Å²) in [6.07, 6.45) is 0.334. The van der Waals surface area contributed by atoms with Gasteiger partial charge in [0.2, 0.25) is 11.8 Å². The third-order valence-electron chi connectivity index (χ3n) is 5.43. The highest BCUT2D eigenvalue weighted by Gasteiger charge is 2.29. The number of nitrogens with zero attached hydrogens (tertiary/aromatic N) is 2. The number of hydrogen-bond acceptors (Lipinski definition) is 5. The number of hydrogen-bond donors (Lipinski definition) is 1. The molecule has 3 aromatic carbocycles. The average molecular weight is 496 g/mol. The van der Waals surface area contributed by atoms with Crippen LogP contribution in [0.2, 0.25) is 0 Å². The van der Waals surface area contributed by atoms with Crippen LogP contribution >= 0.6 is 11.8 Å². The van der Waals surface area contributed by atoms with Crippen molar-refractivity contribution in [2.24, 2.45) is 0 Å². The summed E-state index contributed by atoms with van der Waals surface area (Å²) in [7, 11) is 1.53. The molecule has 7 nitrogen and oxygen atoms in total. The maximum absolute atomic E-state index is 13.4. The first-order valence-corrected chi connectivity index (χ1v) is 12.1. The normalized spacial score (nSPS) is 11.5. The molecule has 0 spiro atoms. The molecule has 0 aliphatic heterocycles. The Bertz CT molecular complexity index is 1140. The lowest BCUT2D eigenvalue weighted by Crippen LogP contribution is -2.50. The van der Waals surface area contributed by atoms with E-state index in [4.69, 9.17) is 0 Å². The minimum Gasteiger partial charge on any atom is -0.357 e. The lowest BCUT2D eigenvalue weighted by molar-refractivity contribution is -0.384. The van der Waals surface area contributed by atoms with E-state index in [-0.39, 0.29) is 35.6 Å². The summed E-state index contributed by atoms with van der Waals surface area (Å²) < 4.78 is 13.4. The molecular weight excluding hydrogens is 469 g/mol. The van der Waals surface area contributed by atoms with E-state index in [1.165, 1.54) is 48.0 Å². The predicted octanol–water partition coefficient (Wildman–Crippen LogP) is 4.35. The lowest BCUT2D eigenvalue weighted by Gasteiger charge is -2.31. The highest BCUT2D eigenvalue weighted by molar-refractivity contribution is 7.99. The molecule has 1 N–H and O–H groups in total. The molecule has 0 aliphatic rings. The molecule has 2 amide bonds. The quantitative estimate of drug-likeness (QED) is 0.315. The van der Waals surface area contributed by atoms with Crippen molar-refractivity contribution in [3.8, 4) is 0 Å². The molecule has 0 aliphatic carbocycles. The topological polar surface area (TPSA) is 92.6 Å². The van der Waals surface area contributed by atoms with Crippen LogP contribution in [0.25, 0.3) is 0 Å². The Kier molecular flexibility index (Phi) is 9.37. The molecule has 0 saturated carbocycles. The zero-order valence-corrected chi connectivity index (χ0v) is 20.0. The van der Waals surface area contributed by atoms with Crippen molar-refractivity contribution in [1.29, 1.82) is 0 Å². The first kappa shape index (κ1) is 25.9. The van der Waals surface area contributed by atoms with E-state index in [0.29, 0.717) is 17.7 Å². The first-order valence-electron chi connectivity index (χ1n) is 11.0. The Morgan fingerprint density at radius 1 is 0.971 bits per heavy atom. The number of halogens is 1. The van der Waals surface area contributed by atoms with Crippen molar-refractivity contribution in [3.63, 3.8) is 0 Å². The van der Waals surface area contributed by atoms with E-state index in [9.17, 15) is 24.1 Å². The van der Waals surface area contributed by atoms with Gasteiger partial charge in [0, 0.05) is 37.9 Å². The summed E-state index contributed by atoms with van der Waals surface area (Å²) in [5.41, 5.74) is 2.49. The van der Waals surface area contributed by atoms with E-state index in [1.807, 2.05) is 30.3 Å². The fraction of sp³-hybridized carbons (Fsp3) is 0.231. The first-order chi connectivity index (χ1) is 16.9. The van der Waals surface area contributed by atoms with Crippen LogP contribution in [0.4, 0.5) is 10.1 Å². The zero-order chi connectivity index (χ0) is 25.2. The van der Waals surface area contributed by atoms with Crippen LogP contribution in [0.1, 0.15) is 16.7 Å². The van der Waals surface area contributed by atoms with Crippen LogP contribution in [-0.2, 0) is 28.3 Å². The van der Waals surface area contributed by atoms with Crippen molar-refractivity contribution < 1.29 is 18.9 Å². The lowest BCUT2D eigenvalue weighted by atomic mass is 10.0. The van der Waals surface area contributed by atoms with Crippen molar-refractivity contribution in [1.82, 2.24) is 10.2 Å². The van der Waals surface area contributed by atoms with Gasteiger partial charge in [-0.2, -0.15) is 0 Å². The van der Waals surface area contributed by atoms with Gasteiger partial charge in [0.15, 0.2) is 0 Å². The number of benzene rings is 3. The molecule has 3 rings (SSSR count). The van der Waals surface area contributed by atoms with Crippen LogP contribution in [-0.4, -0.2) is 40.5 Å². The Hall–Kier alpha value is -3.72. The molecule has 0 radical (unpaired) electrons. The molecule has 0 fully saturated rings. The third kappa shape index (κ3) is 7.65. The van der Waals surface area contributed by atoms with E-state index < -0.39 is 11.0 Å². The van der Waals surface area contributed by atoms with Crippen LogP contribution < -0.4 is 5.32 Å². The van der Waals surface area contributed by atoms with Gasteiger partial charge in [-0.3, -0.25) is 19.7 Å². The molecule has 0 aromatic heterocycles. The van der Waals surface area contributed by atoms with Gasteiger partial charge in [0.25, 0.3) is 5.69 Å². The number of amides is 2. The summed E-state index contributed by atoms with van der Waals surface area (Å²) in [5, 5.41) is 13.5. The molecule has 0 heterocycles. The molecule has 0 saturated heterocycles. The van der Waals surface area contributed by atoms with Gasteiger partial charge < -0.3 is 10.2 Å². The van der Waals surface area contributed by atoms with Crippen LogP contribution in [0.3, 0.4) is 0 Å². The number of thioether (sulfide) groups is 1. The van der Waals surface area contributed by atoms with Crippen LogP contribution in [0.15, 0.2) is 78.9 Å². The third-order valence-corrected chi connectivity index (χ3v) is 6.41. The van der Waals surface area contributed by atoms with Gasteiger partial charge in [-0.1, -0.05) is 54.6 Å². The summed E-state index contributed by atoms with van der Waals surface area (Å²) in [4.78, 5) is 38.1. The number of rotatable bonds is 11. The minimum absolute atomic E-state index is 0.00892. The summed E-state index contributed by atoms with van der Waals surface area (Å²) >= 11 is 1.36. The van der Waals surface area contributed by atoms with E-state index in [0.717, 1.165) is 11.1 Å². The largest absolute Gasteiger partial charge is 0.357 e. The van der Waals surface area contributed by atoms with E-state index >= 15 is 0 Å². The van der Waals surface area contributed by atoms with Gasteiger partial charge in [-0.25, -0.2) is 4.39 Å². The van der Waals surface area contributed by atoms with Crippen molar-refractivity contribution in [2.75, 3.05) is 12.8 Å². The molecule has 9 heteroatoms. The molecule has 35 heavy (non-hydrogen) atoms. The van der Waals surface area contributed by atoms with Gasteiger partial charge in [0.1, 0.15) is 11.9 Å². The van der Waals surface area contributed by atoms with Gasteiger partial charge in [0.05, 0.1) is 10.7 Å². The maximum atomic E-state index is 13.4. The Balaban J connectivity index is 1.77. The highest BCUT2D eigenvalue weighted by atomic mass is 32.2. The molecule has 182 valence electrons. The van der Waals surface area contributed by atoms with E-state index in [1.54, 1.807) is 24.3 Å². The Labute approximate surface area is 207 Å². The number of nitro benzene ring substituents is 1. The second-order valence-electron chi connectivity index (χ2n) is 7.88. The zero-order valence-electron chi connectivity index (χ0n) is 19.2.